The van der Waals surface area contributed by atoms with Gasteiger partial charge in [-0.05, 0) is 158 Å². The molecule has 0 saturated carbocycles. The summed E-state index contributed by atoms with van der Waals surface area (Å²) < 4.78 is 4.54. The first-order valence-electron chi connectivity index (χ1n) is 17.0. The molecule has 0 amide bonds. The Hall–Kier alpha value is -3.88. The van der Waals surface area contributed by atoms with Crippen molar-refractivity contribution in [3.63, 3.8) is 0 Å². The van der Waals surface area contributed by atoms with Gasteiger partial charge in [-0.25, -0.2) is 0 Å². The van der Waals surface area contributed by atoms with Gasteiger partial charge in [-0.1, -0.05) is 0 Å². The molecule has 0 atom stereocenters. The molecular formula is C40H60N6O2. The van der Waals surface area contributed by atoms with Crippen LogP contribution in [0, 0.1) is 13.8 Å². The monoisotopic (exact) mass is 656 g/mol. The average Bonchev–Trinajstić information content (AvgIpc) is 3.54. The van der Waals surface area contributed by atoms with Gasteiger partial charge >= 0.3 is 0 Å². The summed E-state index contributed by atoms with van der Waals surface area (Å²) in [7, 11) is 4.32. The Labute approximate surface area is 289 Å². The predicted molar refractivity (Wildman–Crippen MR) is 204 cm³/mol. The van der Waals surface area contributed by atoms with Crippen LogP contribution in [-0.2, 0) is 0 Å². The van der Waals surface area contributed by atoms with Crippen LogP contribution in [0.1, 0.15) is 94.5 Å². The number of hydrogen-bond acceptors (Lipinski definition) is 6. The lowest BCUT2D eigenvalue weighted by Crippen LogP contribution is -2.40. The minimum atomic E-state index is -0.554. The van der Waals surface area contributed by atoms with E-state index >= 15 is 0 Å². The van der Waals surface area contributed by atoms with Crippen molar-refractivity contribution in [1.82, 2.24) is 9.13 Å². The third-order valence-electron chi connectivity index (χ3n) is 9.25. The van der Waals surface area contributed by atoms with Crippen molar-refractivity contribution < 1.29 is 10.4 Å². The van der Waals surface area contributed by atoms with E-state index < -0.39 is 11.1 Å². The third kappa shape index (κ3) is 7.40. The fourth-order valence-electron chi connectivity index (χ4n) is 5.76. The quantitative estimate of drug-likeness (QED) is 0.193. The van der Waals surface area contributed by atoms with E-state index in [4.69, 9.17) is 0 Å². The molecule has 0 radical (unpaired) electrons. The highest BCUT2D eigenvalue weighted by molar-refractivity contribution is 5.73. The Bertz CT molecular complexity index is 1550. The van der Waals surface area contributed by atoms with E-state index in [-0.39, 0.29) is 11.1 Å². The van der Waals surface area contributed by atoms with E-state index in [9.17, 15) is 10.4 Å². The summed E-state index contributed by atoms with van der Waals surface area (Å²) in [4.78, 5) is 4.67. The predicted octanol–water partition coefficient (Wildman–Crippen LogP) is 10.0. The van der Waals surface area contributed by atoms with Crippen molar-refractivity contribution in [2.45, 2.75) is 119 Å². The molecule has 48 heavy (non-hydrogen) atoms. The number of nitrogens with zero attached hydrogens (tertiary/aromatic N) is 6. The smallest absolute Gasteiger partial charge is 0.0699 e. The van der Waals surface area contributed by atoms with Crippen LogP contribution in [0.2, 0.25) is 0 Å². The first-order chi connectivity index (χ1) is 21.8. The number of benzene rings is 2. The second-order valence-electron chi connectivity index (χ2n) is 17.2. The molecule has 2 heterocycles. The van der Waals surface area contributed by atoms with Crippen molar-refractivity contribution in [2.24, 2.45) is 0 Å². The van der Waals surface area contributed by atoms with Crippen LogP contribution in [0.3, 0.4) is 0 Å². The molecule has 4 rings (SSSR count). The van der Waals surface area contributed by atoms with Crippen molar-refractivity contribution >= 4 is 22.7 Å². The van der Waals surface area contributed by atoms with Gasteiger partial charge in [0.2, 0.25) is 0 Å². The summed E-state index contributed by atoms with van der Waals surface area (Å²) in [6, 6.07) is 21.3. The van der Waals surface area contributed by atoms with Crippen molar-refractivity contribution in [1.29, 1.82) is 0 Å². The molecule has 0 aliphatic heterocycles. The molecule has 0 unspecified atom stereocenters. The molecule has 2 aromatic heterocycles. The molecular weight excluding hydrogens is 596 g/mol. The molecule has 0 aliphatic carbocycles. The van der Waals surface area contributed by atoms with Gasteiger partial charge in [-0.15, -0.1) is 0 Å². The molecule has 0 spiro atoms. The van der Waals surface area contributed by atoms with E-state index in [1.165, 1.54) is 10.1 Å². The van der Waals surface area contributed by atoms with Gasteiger partial charge in [0.15, 0.2) is 0 Å². The number of anilines is 4. The molecule has 4 aromatic rings. The summed E-state index contributed by atoms with van der Waals surface area (Å²) in [5.74, 6) is 0. The van der Waals surface area contributed by atoms with Gasteiger partial charge in [0.05, 0.1) is 39.5 Å². The normalized spacial score (nSPS) is 12.8. The lowest BCUT2D eigenvalue weighted by atomic mass is 10.0. The molecule has 0 aliphatic rings. The minimum absolute atomic E-state index is 0.0689. The van der Waals surface area contributed by atoms with E-state index in [1.54, 1.807) is 0 Å². The van der Waals surface area contributed by atoms with Crippen LogP contribution >= 0.6 is 0 Å². The fourth-order valence-corrected chi connectivity index (χ4v) is 5.76. The summed E-state index contributed by atoms with van der Waals surface area (Å²) >= 11 is 0. The highest BCUT2D eigenvalue weighted by Crippen LogP contribution is 2.38. The van der Waals surface area contributed by atoms with Crippen molar-refractivity contribution in [3.05, 3.63) is 72.1 Å². The van der Waals surface area contributed by atoms with Gasteiger partial charge in [0, 0.05) is 53.6 Å². The maximum atomic E-state index is 11.3. The fraction of sp³-hybridized carbons (Fsp3) is 0.500. The highest BCUT2D eigenvalue weighted by atomic mass is 16.5. The topological polar surface area (TPSA) is 63.3 Å². The maximum absolute atomic E-state index is 11.3. The second-order valence-corrected chi connectivity index (χ2v) is 17.2. The van der Waals surface area contributed by atoms with E-state index in [0.29, 0.717) is 11.4 Å². The van der Waals surface area contributed by atoms with Crippen LogP contribution in [0.15, 0.2) is 60.7 Å². The zero-order chi connectivity index (χ0) is 36.3. The van der Waals surface area contributed by atoms with Gasteiger partial charge in [-0.2, -0.15) is 0 Å². The summed E-state index contributed by atoms with van der Waals surface area (Å²) in [5.41, 5.74) is 8.35. The first-order valence-corrected chi connectivity index (χ1v) is 17.0. The van der Waals surface area contributed by atoms with E-state index in [1.807, 2.05) is 59.7 Å². The van der Waals surface area contributed by atoms with Crippen LogP contribution in [-0.4, -0.2) is 55.8 Å². The third-order valence-corrected chi connectivity index (χ3v) is 9.25. The molecule has 8 nitrogen and oxygen atoms in total. The summed E-state index contributed by atoms with van der Waals surface area (Å²) in [6.45, 7) is 29.4. The van der Waals surface area contributed by atoms with Gasteiger partial charge in [-0.3, -0.25) is 20.5 Å². The molecule has 2 N–H and O–H groups in total. The van der Waals surface area contributed by atoms with Crippen molar-refractivity contribution in [3.8, 4) is 22.8 Å². The highest BCUT2D eigenvalue weighted by Gasteiger charge is 2.27. The van der Waals surface area contributed by atoms with Gasteiger partial charge < -0.3 is 18.9 Å². The maximum Gasteiger partial charge on any atom is 0.0699 e. The molecule has 0 bridgehead atoms. The summed E-state index contributed by atoms with van der Waals surface area (Å²) in [6.07, 6.45) is 0. The second kappa shape index (κ2) is 12.5. The number of aryl methyl sites for hydroxylation is 2. The Kier molecular flexibility index (Phi) is 9.65. The Balaban J connectivity index is 2.00. The average molecular weight is 657 g/mol. The number of aromatic nitrogens is 2. The molecule has 8 heteroatoms. The lowest BCUT2D eigenvalue weighted by Gasteiger charge is -2.38. The van der Waals surface area contributed by atoms with Crippen LogP contribution in [0.5, 0.6) is 0 Å². The Morgan fingerprint density at radius 3 is 1.02 bits per heavy atom. The SMILES string of the molecule is Cc1ccc(-c2ccc(C)n2-c2cc(N(O)C(C)(C)C)cc(N(O)C(C)(C)C)c2)n1-c1cc(N(C)C(C)(C)C)cc(N(C)C(C)(C)C)c1. The molecule has 2 aromatic carbocycles. The zero-order valence-electron chi connectivity index (χ0n) is 32.4. The number of hydroxylamine groups is 2. The lowest BCUT2D eigenvalue weighted by molar-refractivity contribution is 0.177. The molecule has 0 saturated heterocycles. The van der Waals surface area contributed by atoms with Gasteiger partial charge in [0.1, 0.15) is 0 Å². The van der Waals surface area contributed by atoms with Gasteiger partial charge in [0.25, 0.3) is 0 Å². The Morgan fingerprint density at radius 2 is 0.729 bits per heavy atom. The van der Waals surface area contributed by atoms with Crippen LogP contribution in [0.4, 0.5) is 22.7 Å². The number of rotatable bonds is 7. The van der Waals surface area contributed by atoms with Crippen LogP contribution < -0.4 is 19.9 Å². The summed E-state index contributed by atoms with van der Waals surface area (Å²) in [5, 5.41) is 25.2. The van der Waals surface area contributed by atoms with E-state index in [0.717, 1.165) is 45.5 Å². The van der Waals surface area contributed by atoms with Crippen molar-refractivity contribution in [2.75, 3.05) is 34.0 Å². The standard InChI is InChI=1S/C40H60N6O2/c1-27-17-19-35(43(27)31-22-29(41(15)37(3,4)5)21-30(23-31)42(16)38(6,7)8)36-20-18-28(2)44(36)32-24-33(45(47)39(9,10)11)26-34(25-32)46(48)40(12,13)14/h17-26,47-48H,1-16H3. The minimum Gasteiger partial charge on any atom is -0.370 e. The zero-order valence-corrected chi connectivity index (χ0v) is 32.4. The Morgan fingerprint density at radius 1 is 0.438 bits per heavy atom. The first kappa shape index (κ1) is 36.9. The van der Waals surface area contributed by atoms with E-state index in [2.05, 4.69) is 131 Å². The largest absolute Gasteiger partial charge is 0.370 e. The van der Waals surface area contributed by atoms with Crippen LogP contribution in [0.25, 0.3) is 22.8 Å². The molecule has 0 fully saturated rings. The molecule has 262 valence electrons. The number of hydrogen-bond donors (Lipinski definition) is 2.